The Hall–Kier alpha value is -2.36. The summed E-state index contributed by atoms with van der Waals surface area (Å²) >= 11 is 3.29. The molecule has 1 aromatic rings. The SMILES string of the molecule is COC(=O)C1=C(C(F)(F)F)NC(C)=C(C(=O)OCCCCCBr)C1c1ccccc1F. The fraction of sp³-hybridized carbons (Fsp3) is 0.429. The predicted octanol–water partition coefficient (Wildman–Crippen LogP) is 4.88. The lowest BCUT2D eigenvalue weighted by atomic mass is 9.80. The number of hydrogen-bond acceptors (Lipinski definition) is 5. The number of carbonyl (C=O) groups is 2. The largest absolute Gasteiger partial charge is 0.466 e. The summed E-state index contributed by atoms with van der Waals surface area (Å²) in [6, 6.07) is 5.02. The highest BCUT2D eigenvalue weighted by Gasteiger charge is 2.47. The van der Waals surface area contributed by atoms with E-state index in [9.17, 15) is 27.2 Å². The Morgan fingerprint density at radius 1 is 1.10 bits per heavy atom. The van der Waals surface area contributed by atoms with Crippen LogP contribution >= 0.6 is 15.9 Å². The summed E-state index contributed by atoms with van der Waals surface area (Å²) in [5.41, 5.74) is -3.04. The van der Waals surface area contributed by atoms with Gasteiger partial charge >= 0.3 is 18.1 Å². The standard InChI is InChI=1S/C21H22BrF4NO4/c1-12-15(20(29)31-11-7-3-6-10-22)16(13-8-4-5-9-14(13)23)17(19(28)30-2)18(27-12)21(24,25)26/h4-5,8-9,16,27H,3,6-7,10-11H2,1-2H3. The van der Waals surface area contributed by atoms with Crippen molar-refractivity contribution >= 4 is 27.9 Å². The van der Waals surface area contributed by atoms with Gasteiger partial charge in [0.25, 0.3) is 0 Å². The molecule has 0 saturated heterocycles. The van der Waals surface area contributed by atoms with Gasteiger partial charge in [-0.15, -0.1) is 0 Å². The fourth-order valence-electron chi connectivity index (χ4n) is 3.29. The van der Waals surface area contributed by atoms with Crippen LogP contribution in [0.2, 0.25) is 0 Å². The third-order valence-electron chi connectivity index (χ3n) is 4.70. The van der Waals surface area contributed by atoms with Gasteiger partial charge in [-0.25, -0.2) is 14.0 Å². The third kappa shape index (κ3) is 5.87. The second kappa shape index (κ2) is 10.8. The number of unbranched alkanes of at least 4 members (excludes halogenated alkanes) is 2. The molecule has 0 aromatic heterocycles. The maximum atomic E-state index is 14.6. The Balaban J connectivity index is 2.57. The molecule has 0 fully saturated rings. The number of esters is 2. The van der Waals surface area contributed by atoms with Crippen molar-refractivity contribution in [3.05, 3.63) is 58.2 Å². The molecule has 31 heavy (non-hydrogen) atoms. The average Bonchev–Trinajstić information content (AvgIpc) is 2.71. The van der Waals surface area contributed by atoms with E-state index in [1.54, 1.807) is 0 Å². The Bertz CT molecular complexity index is 896. The number of hydrogen-bond donors (Lipinski definition) is 1. The molecule has 0 amide bonds. The summed E-state index contributed by atoms with van der Waals surface area (Å²) in [5.74, 6) is -4.78. The fourth-order valence-corrected chi connectivity index (χ4v) is 3.68. The predicted molar refractivity (Wildman–Crippen MR) is 109 cm³/mol. The van der Waals surface area contributed by atoms with Gasteiger partial charge in [0.05, 0.1) is 30.8 Å². The second-order valence-electron chi connectivity index (χ2n) is 6.78. The van der Waals surface area contributed by atoms with E-state index in [1.807, 2.05) is 0 Å². The molecule has 170 valence electrons. The molecular weight excluding hydrogens is 486 g/mol. The van der Waals surface area contributed by atoms with Crippen LogP contribution in [-0.2, 0) is 19.1 Å². The topological polar surface area (TPSA) is 64.6 Å². The smallest absolute Gasteiger partial charge is 0.431 e. The van der Waals surface area contributed by atoms with Crippen molar-refractivity contribution in [3.8, 4) is 0 Å². The van der Waals surface area contributed by atoms with Crippen molar-refractivity contribution in [2.45, 2.75) is 38.3 Å². The molecule has 1 aromatic carbocycles. The van der Waals surface area contributed by atoms with Gasteiger partial charge in [0, 0.05) is 16.6 Å². The quantitative estimate of drug-likeness (QED) is 0.235. The Morgan fingerprint density at radius 2 is 1.77 bits per heavy atom. The lowest BCUT2D eigenvalue weighted by Crippen LogP contribution is -2.38. The summed E-state index contributed by atoms with van der Waals surface area (Å²) in [4.78, 5) is 25.2. The number of allylic oxidation sites excluding steroid dienone is 2. The van der Waals surface area contributed by atoms with Crippen LogP contribution in [0.15, 0.2) is 46.8 Å². The van der Waals surface area contributed by atoms with Crippen LogP contribution in [0.5, 0.6) is 0 Å². The van der Waals surface area contributed by atoms with Crippen molar-refractivity contribution in [1.29, 1.82) is 0 Å². The minimum absolute atomic E-state index is 0.0377. The minimum atomic E-state index is -4.97. The first-order chi connectivity index (χ1) is 14.6. The van der Waals surface area contributed by atoms with Crippen LogP contribution in [0.3, 0.4) is 0 Å². The van der Waals surface area contributed by atoms with E-state index in [1.165, 1.54) is 25.1 Å². The number of alkyl halides is 4. The van der Waals surface area contributed by atoms with E-state index in [2.05, 4.69) is 26.0 Å². The van der Waals surface area contributed by atoms with E-state index in [4.69, 9.17) is 4.74 Å². The third-order valence-corrected chi connectivity index (χ3v) is 5.26. The van der Waals surface area contributed by atoms with Crippen molar-refractivity contribution in [2.24, 2.45) is 0 Å². The number of carbonyl (C=O) groups excluding carboxylic acids is 2. The van der Waals surface area contributed by atoms with Gasteiger partial charge in [-0.3, -0.25) is 0 Å². The first kappa shape index (κ1) is 24.9. The minimum Gasteiger partial charge on any atom is -0.466 e. The van der Waals surface area contributed by atoms with Gasteiger partial charge in [0.15, 0.2) is 0 Å². The van der Waals surface area contributed by atoms with Gasteiger partial charge in [0.2, 0.25) is 0 Å². The molecule has 1 aliphatic rings. The highest BCUT2D eigenvalue weighted by molar-refractivity contribution is 9.09. The molecular formula is C21H22BrF4NO4. The number of halogens is 5. The van der Waals surface area contributed by atoms with Crippen LogP contribution in [0.25, 0.3) is 0 Å². The molecule has 10 heteroatoms. The van der Waals surface area contributed by atoms with E-state index in [0.717, 1.165) is 31.3 Å². The van der Waals surface area contributed by atoms with Crippen LogP contribution in [0, 0.1) is 5.82 Å². The van der Waals surface area contributed by atoms with Crippen LogP contribution < -0.4 is 5.32 Å². The molecule has 0 aliphatic carbocycles. The van der Waals surface area contributed by atoms with Gasteiger partial charge in [-0.2, -0.15) is 13.2 Å². The van der Waals surface area contributed by atoms with Crippen molar-refractivity contribution in [2.75, 3.05) is 19.0 Å². The molecule has 1 aliphatic heterocycles. The zero-order chi connectivity index (χ0) is 23.2. The summed E-state index contributed by atoms with van der Waals surface area (Å²) in [6.45, 7) is 1.28. The molecule has 5 nitrogen and oxygen atoms in total. The highest BCUT2D eigenvalue weighted by atomic mass is 79.9. The van der Waals surface area contributed by atoms with Crippen molar-refractivity contribution in [3.63, 3.8) is 0 Å². The van der Waals surface area contributed by atoms with Crippen LogP contribution in [0.1, 0.15) is 37.7 Å². The lowest BCUT2D eigenvalue weighted by molar-refractivity contribution is -0.140. The van der Waals surface area contributed by atoms with E-state index >= 15 is 0 Å². The number of methoxy groups -OCH3 is 1. The summed E-state index contributed by atoms with van der Waals surface area (Å²) in [5, 5.41) is 2.88. The molecule has 1 N–H and O–H groups in total. The Kier molecular flexibility index (Phi) is 8.67. The molecule has 0 spiro atoms. The van der Waals surface area contributed by atoms with Gasteiger partial charge < -0.3 is 14.8 Å². The Labute approximate surface area is 185 Å². The van der Waals surface area contributed by atoms with Crippen molar-refractivity contribution < 1.29 is 36.6 Å². The summed E-state index contributed by atoms with van der Waals surface area (Å²) in [6.07, 6.45) is -2.78. The Morgan fingerprint density at radius 3 is 2.35 bits per heavy atom. The number of ether oxygens (including phenoxy) is 2. The first-order valence-electron chi connectivity index (χ1n) is 9.48. The average molecular weight is 508 g/mol. The molecule has 1 atom stereocenters. The highest BCUT2D eigenvalue weighted by Crippen LogP contribution is 2.43. The number of nitrogens with one attached hydrogen (secondary N) is 1. The molecule has 0 radical (unpaired) electrons. The summed E-state index contributed by atoms with van der Waals surface area (Å²) in [7, 11) is 0.911. The zero-order valence-corrected chi connectivity index (χ0v) is 18.5. The number of benzene rings is 1. The molecule has 1 heterocycles. The van der Waals surface area contributed by atoms with E-state index < -0.39 is 41.1 Å². The van der Waals surface area contributed by atoms with Crippen LogP contribution in [0.4, 0.5) is 17.6 Å². The van der Waals surface area contributed by atoms with E-state index in [0.29, 0.717) is 6.42 Å². The van der Waals surface area contributed by atoms with Crippen LogP contribution in [-0.4, -0.2) is 37.2 Å². The number of dihydropyridines is 1. The van der Waals surface area contributed by atoms with Gasteiger partial charge in [-0.1, -0.05) is 34.1 Å². The van der Waals surface area contributed by atoms with Crippen molar-refractivity contribution in [1.82, 2.24) is 5.32 Å². The molecule has 0 bridgehead atoms. The molecule has 0 saturated carbocycles. The maximum Gasteiger partial charge on any atom is 0.431 e. The second-order valence-corrected chi connectivity index (χ2v) is 7.57. The number of rotatable bonds is 8. The first-order valence-corrected chi connectivity index (χ1v) is 10.6. The van der Waals surface area contributed by atoms with Gasteiger partial charge in [-0.05, 0) is 32.3 Å². The molecule has 1 unspecified atom stereocenters. The lowest BCUT2D eigenvalue weighted by Gasteiger charge is -2.32. The summed E-state index contributed by atoms with van der Waals surface area (Å²) < 4.78 is 65.6. The van der Waals surface area contributed by atoms with E-state index in [-0.39, 0.29) is 23.4 Å². The van der Waals surface area contributed by atoms with Gasteiger partial charge in [0.1, 0.15) is 11.5 Å². The monoisotopic (exact) mass is 507 g/mol. The zero-order valence-electron chi connectivity index (χ0n) is 16.9. The normalized spacial score (nSPS) is 16.8. The molecule has 2 rings (SSSR count). The maximum absolute atomic E-state index is 14.6.